The zero-order valence-corrected chi connectivity index (χ0v) is 15.9. The summed E-state index contributed by atoms with van der Waals surface area (Å²) in [5.41, 5.74) is 3.77. The van der Waals surface area contributed by atoms with Crippen LogP contribution >= 0.6 is 11.6 Å². The van der Waals surface area contributed by atoms with Crippen LogP contribution in [0.25, 0.3) is 16.9 Å². The molecule has 0 fully saturated rings. The monoisotopic (exact) mass is 396 g/mol. The summed E-state index contributed by atoms with van der Waals surface area (Å²) in [4.78, 5) is 19.1. The van der Waals surface area contributed by atoms with Gasteiger partial charge in [-0.25, -0.2) is 13.9 Å². The van der Waals surface area contributed by atoms with E-state index in [9.17, 15) is 9.18 Å². The van der Waals surface area contributed by atoms with Gasteiger partial charge < -0.3 is 0 Å². The zero-order chi connectivity index (χ0) is 19.7. The summed E-state index contributed by atoms with van der Waals surface area (Å²) in [5.74, 6) is -0.254. The molecule has 0 saturated carbocycles. The van der Waals surface area contributed by atoms with Crippen molar-refractivity contribution in [3.8, 4) is 11.3 Å². The van der Waals surface area contributed by atoms with Crippen molar-refractivity contribution in [3.63, 3.8) is 0 Å². The van der Waals surface area contributed by atoms with E-state index in [-0.39, 0.29) is 11.4 Å². The van der Waals surface area contributed by atoms with Gasteiger partial charge in [0.05, 0.1) is 11.4 Å². The second-order valence-corrected chi connectivity index (χ2v) is 7.19. The van der Waals surface area contributed by atoms with Crippen molar-refractivity contribution in [2.75, 3.05) is 7.05 Å². The van der Waals surface area contributed by atoms with Gasteiger partial charge in [-0.2, -0.15) is 0 Å². The fraction of sp³-hybridized carbons (Fsp3) is 0.143. The number of aromatic nitrogens is 3. The number of aromatic amines is 1. The number of H-pyrrole nitrogens is 1. The number of hydrogen-bond acceptors (Lipinski definition) is 3. The Balaban J connectivity index is 1.57. The van der Waals surface area contributed by atoms with Gasteiger partial charge in [0.25, 0.3) is 5.56 Å². The van der Waals surface area contributed by atoms with Gasteiger partial charge in [-0.05, 0) is 42.4 Å². The maximum atomic E-state index is 13.0. The Kier molecular flexibility index (Phi) is 4.98. The summed E-state index contributed by atoms with van der Waals surface area (Å²) in [6, 6.07) is 17.1. The van der Waals surface area contributed by atoms with Crippen LogP contribution in [0.1, 0.15) is 11.3 Å². The van der Waals surface area contributed by atoms with Crippen LogP contribution in [0, 0.1) is 5.82 Å². The van der Waals surface area contributed by atoms with Gasteiger partial charge in [0.2, 0.25) is 0 Å². The minimum absolute atomic E-state index is 0.171. The molecule has 2 aromatic carbocycles. The van der Waals surface area contributed by atoms with Crippen LogP contribution in [-0.2, 0) is 13.1 Å². The number of hydrogen-bond donors (Lipinski definition) is 1. The Morgan fingerprint density at radius 2 is 1.79 bits per heavy atom. The van der Waals surface area contributed by atoms with E-state index in [1.807, 2.05) is 30.1 Å². The second-order valence-electron chi connectivity index (χ2n) is 6.75. The standard InChI is InChI=1S/C21H18ClFN4O/c1-26(12-14-2-8-17(23)9-3-14)13-18-10-21(28)27-20(24-18)11-19(25-27)15-4-6-16(22)7-5-15/h2-11,25H,12-13H2,1H3. The van der Waals surface area contributed by atoms with Crippen molar-refractivity contribution in [1.82, 2.24) is 19.5 Å². The molecule has 4 aromatic rings. The quantitative estimate of drug-likeness (QED) is 0.552. The van der Waals surface area contributed by atoms with E-state index < -0.39 is 0 Å². The molecule has 1 N–H and O–H groups in total. The molecule has 2 heterocycles. The second kappa shape index (κ2) is 7.58. The van der Waals surface area contributed by atoms with E-state index in [0.717, 1.165) is 16.8 Å². The SMILES string of the molecule is CN(Cc1ccc(F)cc1)Cc1cc(=O)n2[nH]c(-c3ccc(Cl)cc3)cc2n1. The van der Waals surface area contributed by atoms with Crippen LogP contribution in [-0.4, -0.2) is 26.5 Å². The highest BCUT2D eigenvalue weighted by atomic mass is 35.5. The molecule has 0 amide bonds. The Bertz CT molecular complexity index is 1170. The third-order valence-corrected chi connectivity index (χ3v) is 4.71. The molecule has 0 atom stereocenters. The molecular weight excluding hydrogens is 379 g/mol. The normalized spacial score (nSPS) is 11.4. The van der Waals surface area contributed by atoms with Gasteiger partial charge in [0.15, 0.2) is 5.65 Å². The van der Waals surface area contributed by atoms with Gasteiger partial charge >= 0.3 is 0 Å². The number of nitrogens with zero attached hydrogens (tertiary/aromatic N) is 3. The fourth-order valence-electron chi connectivity index (χ4n) is 3.13. The van der Waals surface area contributed by atoms with E-state index in [1.165, 1.54) is 22.7 Å². The molecule has 0 spiro atoms. The van der Waals surface area contributed by atoms with E-state index in [4.69, 9.17) is 11.6 Å². The first kappa shape index (κ1) is 18.4. The van der Waals surface area contributed by atoms with Crippen LogP contribution in [0.5, 0.6) is 0 Å². The van der Waals surface area contributed by atoms with Crippen molar-refractivity contribution in [2.45, 2.75) is 13.1 Å². The molecular formula is C21H18ClFN4O. The molecule has 0 aliphatic carbocycles. The minimum atomic E-state index is -0.254. The maximum absolute atomic E-state index is 13.0. The van der Waals surface area contributed by atoms with Crippen molar-refractivity contribution >= 4 is 17.2 Å². The van der Waals surface area contributed by atoms with Crippen LogP contribution in [0.4, 0.5) is 4.39 Å². The fourth-order valence-corrected chi connectivity index (χ4v) is 3.26. The molecule has 0 bridgehead atoms. The third kappa shape index (κ3) is 3.98. The molecule has 0 radical (unpaired) electrons. The predicted molar refractivity (Wildman–Crippen MR) is 108 cm³/mol. The van der Waals surface area contributed by atoms with Crippen molar-refractivity contribution < 1.29 is 4.39 Å². The molecule has 0 unspecified atom stereocenters. The number of fused-ring (bicyclic) bond motifs is 1. The van der Waals surface area contributed by atoms with Gasteiger partial charge in [-0.1, -0.05) is 35.9 Å². The lowest BCUT2D eigenvalue weighted by atomic mass is 10.1. The average Bonchev–Trinajstić information content (AvgIpc) is 3.09. The molecule has 0 aliphatic heterocycles. The largest absolute Gasteiger partial charge is 0.296 e. The number of nitrogens with one attached hydrogen (secondary N) is 1. The predicted octanol–water partition coefficient (Wildman–Crippen LogP) is 4.11. The van der Waals surface area contributed by atoms with E-state index in [1.54, 1.807) is 24.3 Å². The Hall–Kier alpha value is -2.96. The molecule has 0 saturated heterocycles. The van der Waals surface area contributed by atoms with Gasteiger partial charge in [-0.15, -0.1) is 0 Å². The van der Waals surface area contributed by atoms with Crippen LogP contribution in [0.15, 0.2) is 65.5 Å². The molecule has 4 rings (SSSR count). The van der Waals surface area contributed by atoms with E-state index in [2.05, 4.69) is 10.1 Å². The first-order valence-corrected chi connectivity index (χ1v) is 9.16. The zero-order valence-electron chi connectivity index (χ0n) is 15.2. The topological polar surface area (TPSA) is 53.4 Å². The van der Waals surface area contributed by atoms with Crippen molar-refractivity contribution in [1.29, 1.82) is 0 Å². The lowest BCUT2D eigenvalue weighted by Gasteiger charge is -2.16. The van der Waals surface area contributed by atoms with Crippen LogP contribution < -0.4 is 5.56 Å². The molecule has 142 valence electrons. The smallest absolute Gasteiger partial charge is 0.272 e. The lowest BCUT2D eigenvalue weighted by Crippen LogP contribution is -2.21. The lowest BCUT2D eigenvalue weighted by molar-refractivity contribution is 0.315. The number of benzene rings is 2. The molecule has 28 heavy (non-hydrogen) atoms. The summed E-state index contributed by atoms with van der Waals surface area (Å²) >= 11 is 5.94. The summed E-state index contributed by atoms with van der Waals surface area (Å²) in [5, 5.41) is 3.73. The highest BCUT2D eigenvalue weighted by Crippen LogP contribution is 2.21. The summed E-state index contributed by atoms with van der Waals surface area (Å²) in [6.07, 6.45) is 0. The highest BCUT2D eigenvalue weighted by Gasteiger charge is 2.10. The highest BCUT2D eigenvalue weighted by molar-refractivity contribution is 6.30. The Labute approximate surface area is 166 Å². The van der Waals surface area contributed by atoms with Crippen LogP contribution in [0.3, 0.4) is 0 Å². The maximum Gasteiger partial charge on any atom is 0.272 e. The average molecular weight is 397 g/mol. The molecule has 0 aliphatic rings. The van der Waals surface area contributed by atoms with Crippen molar-refractivity contribution in [3.05, 3.63) is 93.1 Å². The van der Waals surface area contributed by atoms with Crippen molar-refractivity contribution in [2.24, 2.45) is 0 Å². The van der Waals surface area contributed by atoms with Crippen LogP contribution in [0.2, 0.25) is 5.02 Å². The third-order valence-electron chi connectivity index (χ3n) is 4.46. The summed E-state index contributed by atoms with van der Waals surface area (Å²) in [7, 11) is 1.93. The Morgan fingerprint density at radius 3 is 2.50 bits per heavy atom. The van der Waals surface area contributed by atoms with E-state index >= 15 is 0 Å². The molecule has 2 aromatic heterocycles. The minimum Gasteiger partial charge on any atom is -0.296 e. The first-order chi connectivity index (χ1) is 13.5. The summed E-state index contributed by atoms with van der Waals surface area (Å²) in [6.45, 7) is 1.13. The van der Waals surface area contributed by atoms with Gasteiger partial charge in [-0.3, -0.25) is 14.8 Å². The van der Waals surface area contributed by atoms with Gasteiger partial charge in [0.1, 0.15) is 5.82 Å². The first-order valence-electron chi connectivity index (χ1n) is 8.78. The number of halogens is 2. The molecule has 7 heteroatoms. The molecule has 5 nitrogen and oxygen atoms in total. The van der Waals surface area contributed by atoms with E-state index in [0.29, 0.717) is 29.5 Å². The summed E-state index contributed by atoms with van der Waals surface area (Å²) < 4.78 is 14.5. The van der Waals surface area contributed by atoms with Gasteiger partial charge in [0, 0.05) is 30.2 Å². The number of rotatable bonds is 5. The Morgan fingerprint density at radius 1 is 1.07 bits per heavy atom.